The number of nitrogens with two attached hydrogens (primary N) is 1. The molecule has 17 heavy (non-hydrogen) atoms. The molecule has 0 bridgehead atoms. The third kappa shape index (κ3) is 2.02. The van der Waals surface area contributed by atoms with Crippen LogP contribution in [-0.2, 0) is 5.54 Å². The Balaban J connectivity index is 2.49. The van der Waals surface area contributed by atoms with Gasteiger partial charge in [-0.15, -0.1) is 0 Å². The molecule has 0 unspecified atom stereocenters. The molecule has 2 N–H and O–H groups in total. The minimum Gasteiger partial charge on any atom is -0.383 e. The van der Waals surface area contributed by atoms with Gasteiger partial charge in [0.15, 0.2) is 0 Å². The van der Waals surface area contributed by atoms with E-state index in [0.717, 1.165) is 18.5 Å². The summed E-state index contributed by atoms with van der Waals surface area (Å²) < 4.78 is 1.79. The average molecular weight is 232 g/mol. The number of aromatic nitrogens is 2. The minimum absolute atomic E-state index is 0.174. The van der Waals surface area contributed by atoms with Gasteiger partial charge in [-0.2, -0.15) is 10.4 Å². The van der Waals surface area contributed by atoms with E-state index in [1.54, 1.807) is 4.68 Å². The summed E-state index contributed by atoms with van der Waals surface area (Å²) in [5, 5.41) is 13.9. The van der Waals surface area contributed by atoms with Crippen LogP contribution in [0.4, 0.5) is 5.82 Å². The van der Waals surface area contributed by atoms with Crippen molar-refractivity contribution < 1.29 is 0 Å². The van der Waals surface area contributed by atoms with Crippen LogP contribution in [-0.4, -0.2) is 9.78 Å². The number of rotatable bonds is 1. The van der Waals surface area contributed by atoms with Crippen molar-refractivity contribution in [3.8, 4) is 6.07 Å². The Morgan fingerprint density at radius 1 is 1.35 bits per heavy atom. The van der Waals surface area contributed by atoms with Gasteiger partial charge in [0, 0.05) is 5.92 Å². The number of hydrogen-bond donors (Lipinski definition) is 1. The zero-order valence-corrected chi connectivity index (χ0v) is 10.8. The van der Waals surface area contributed by atoms with Gasteiger partial charge >= 0.3 is 0 Å². The smallest absolute Gasteiger partial charge is 0.140 e. The van der Waals surface area contributed by atoms with Crippen LogP contribution >= 0.6 is 0 Å². The van der Waals surface area contributed by atoms with Crippen LogP contribution in [0.3, 0.4) is 0 Å². The van der Waals surface area contributed by atoms with E-state index < -0.39 is 0 Å². The molecular formula is C13H20N4. The molecule has 0 atom stereocenters. The Kier molecular flexibility index (Phi) is 2.86. The minimum atomic E-state index is -0.174. The normalized spacial score (nSPS) is 17.3. The monoisotopic (exact) mass is 232 g/mol. The third-order valence-electron chi connectivity index (χ3n) is 3.44. The van der Waals surface area contributed by atoms with Gasteiger partial charge in [-0.25, -0.2) is 4.68 Å². The summed E-state index contributed by atoms with van der Waals surface area (Å²) in [6.07, 6.45) is 4.74. The van der Waals surface area contributed by atoms with E-state index >= 15 is 0 Å². The molecule has 1 heterocycles. The SMILES string of the molecule is CC(C)(C)n1nc(C2CCCC2)c(C#N)c1N. The molecule has 1 fully saturated rings. The van der Waals surface area contributed by atoms with Crippen LogP contribution in [0.25, 0.3) is 0 Å². The molecule has 1 aliphatic carbocycles. The molecule has 0 aromatic carbocycles. The van der Waals surface area contributed by atoms with Crippen LogP contribution in [0.1, 0.15) is 63.6 Å². The van der Waals surface area contributed by atoms with Crippen molar-refractivity contribution in [2.24, 2.45) is 0 Å². The molecule has 0 spiro atoms. The quantitative estimate of drug-likeness (QED) is 0.809. The first-order chi connectivity index (χ1) is 7.95. The topological polar surface area (TPSA) is 67.6 Å². The second kappa shape index (κ2) is 4.06. The number of nitrogens with zero attached hydrogens (tertiary/aromatic N) is 3. The number of hydrogen-bond acceptors (Lipinski definition) is 3. The fraction of sp³-hybridized carbons (Fsp3) is 0.692. The number of nitrogen functional groups attached to an aromatic ring is 1. The molecule has 2 rings (SSSR count). The Hall–Kier alpha value is -1.50. The van der Waals surface area contributed by atoms with E-state index in [-0.39, 0.29) is 5.54 Å². The van der Waals surface area contributed by atoms with Crippen molar-refractivity contribution >= 4 is 5.82 Å². The average Bonchev–Trinajstić information content (AvgIpc) is 2.82. The van der Waals surface area contributed by atoms with Crippen LogP contribution in [0.2, 0.25) is 0 Å². The maximum atomic E-state index is 9.26. The predicted molar refractivity (Wildman–Crippen MR) is 67.6 cm³/mol. The Bertz CT molecular complexity index is 453. The molecule has 92 valence electrons. The van der Waals surface area contributed by atoms with E-state index in [9.17, 15) is 5.26 Å². The first-order valence-corrected chi connectivity index (χ1v) is 6.24. The fourth-order valence-corrected chi connectivity index (χ4v) is 2.56. The lowest BCUT2D eigenvalue weighted by atomic mass is 10.0. The zero-order valence-electron chi connectivity index (χ0n) is 10.8. The standard InChI is InChI=1S/C13H20N4/c1-13(2,3)17-12(15)10(8-14)11(16-17)9-6-4-5-7-9/h9H,4-7,15H2,1-3H3. The van der Waals surface area contributed by atoms with Crippen molar-refractivity contribution in [1.29, 1.82) is 5.26 Å². The highest BCUT2D eigenvalue weighted by Gasteiger charge is 2.29. The molecule has 0 aliphatic heterocycles. The maximum absolute atomic E-state index is 9.26. The molecule has 1 aromatic heterocycles. The molecule has 0 amide bonds. The summed E-state index contributed by atoms with van der Waals surface area (Å²) >= 11 is 0. The second-order valence-corrected chi connectivity index (χ2v) is 5.82. The molecule has 4 heteroatoms. The fourth-order valence-electron chi connectivity index (χ4n) is 2.56. The summed E-state index contributed by atoms with van der Waals surface area (Å²) in [7, 11) is 0. The Morgan fingerprint density at radius 3 is 2.41 bits per heavy atom. The molecule has 1 aliphatic rings. The summed E-state index contributed by atoms with van der Waals surface area (Å²) in [5.74, 6) is 0.942. The van der Waals surface area contributed by atoms with Gasteiger partial charge in [0.2, 0.25) is 0 Å². The molecule has 1 saturated carbocycles. The van der Waals surface area contributed by atoms with Crippen molar-refractivity contribution in [2.75, 3.05) is 5.73 Å². The second-order valence-electron chi connectivity index (χ2n) is 5.82. The van der Waals surface area contributed by atoms with Crippen LogP contribution < -0.4 is 5.73 Å². The lowest BCUT2D eigenvalue weighted by molar-refractivity contribution is 0.357. The summed E-state index contributed by atoms with van der Waals surface area (Å²) in [5.41, 5.74) is 7.38. The van der Waals surface area contributed by atoms with Crippen LogP contribution in [0, 0.1) is 11.3 Å². The van der Waals surface area contributed by atoms with E-state index in [1.807, 2.05) is 0 Å². The maximum Gasteiger partial charge on any atom is 0.140 e. The molecule has 1 aromatic rings. The van der Waals surface area contributed by atoms with Gasteiger partial charge in [0.05, 0.1) is 11.2 Å². The third-order valence-corrected chi connectivity index (χ3v) is 3.44. The zero-order chi connectivity index (χ0) is 12.6. The van der Waals surface area contributed by atoms with E-state index in [4.69, 9.17) is 5.73 Å². The first kappa shape index (κ1) is 12.0. The summed E-state index contributed by atoms with van der Waals surface area (Å²) in [6, 6.07) is 2.22. The summed E-state index contributed by atoms with van der Waals surface area (Å²) in [4.78, 5) is 0. The first-order valence-electron chi connectivity index (χ1n) is 6.24. The molecule has 0 saturated heterocycles. The Morgan fingerprint density at radius 2 is 1.94 bits per heavy atom. The van der Waals surface area contributed by atoms with Crippen LogP contribution in [0.5, 0.6) is 0 Å². The van der Waals surface area contributed by atoms with Gasteiger partial charge < -0.3 is 5.73 Å². The lowest BCUT2D eigenvalue weighted by Gasteiger charge is -2.20. The van der Waals surface area contributed by atoms with Gasteiger partial charge in [0.25, 0.3) is 0 Å². The van der Waals surface area contributed by atoms with Crippen molar-refractivity contribution in [3.63, 3.8) is 0 Å². The van der Waals surface area contributed by atoms with E-state index in [2.05, 4.69) is 31.9 Å². The van der Waals surface area contributed by atoms with Crippen LogP contribution in [0.15, 0.2) is 0 Å². The Labute approximate surface area is 102 Å². The molecule has 0 radical (unpaired) electrons. The highest BCUT2D eigenvalue weighted by Crippen LogP contribution is 2.37. The van der Waals surface area contributed by atoms with Gasteiger partial charge in [0.1, 0.15) is 17.5 Å². The van der Waals surface area contributed by atoms with Crippen molar-refractivity contribution in [2.45, 2.75) is 57.9 Å². The highest BCUT2D eigenvalue weighted by molar-refractivity contribution is 5.53. The number of anilines is 1. The predicted octanol–water partition coefficient (Wildman–Crippen LogP) is 2.75. The molecule has 4 nitrogen and oxygen atoms in total. The van der Waals surface area contributed by atoms with Gasteiger partial charge in [-0.1, -0.05) is 12.8 Å². The number of nitriles is 1. The van der Waals surface area contributed by atoms with Crippen molar-refractivity contribution in [1.82, 2.24) is 9.78 Å². The highest BCUT2D eigenvalue weighted by atomic mass is 15.4. The van der Waals surface area contributed by atoms with Crippen molar-refractivity contribution in [3.05, 3.63) is 11.3 Å². The van der Waals surface area contributed by atoms with Gasteiger partial charge in [-0.05, 0) is 33.6 Å². The van der Waals surface area contributed by atoms with E-state index in [0.29, 0.717) is 17.3 Å². The lowest BCUT2D eigenvalue weighted by Crippen LogP contribution is -2.25. The molecular weight excluding hydrogens is 212 g/mol. The van der Waals surface area contributed by atoms with Gasteiger partial charge in [-0.3, -0.25) is 0 Å². The largest absolute Gasteiger partial charge is 0.383 e. The summed E-state index contributed by atoms with van der Waals surface area (Å²) in [6.45, 7) is 6.15. The van der Waals surface area contributed by atoms with E-state index in [1.165, 1.54) is 12.8 Å².